The zero-order valence-corrected chi connectivity index (χ0v) is 19.9. The third-order valence-electron chi connectivity index (χ3n) is 7.54. The lowest BCUT2D eigenvalue weighted by Crippen LogP contribution is -2.61. The molecule has 3 aliphatic rings. The summed E-state index contributed by atoms with van der Waals surface area (Å²) in [5.41, 5.74) is 2.72. The number of nitriles is 1. The highest BCUT2D eigenvalue weighted by atomic mass is 16.5. The van der Waals surface area contributed by atoms with Crippen molar-refractivity contribution in [3.8, 4) is 35.3 Å². The highest BCUT2D eigenvalue weighted by molar-refractivity contribution is 5.93. The van der Waals surface area contributed by atoms with Gasteiger partial charge in [-0.25, -0.2) is 9.50 Å². The van der Waals surface area contributed by atoms with Gasteiger partial charge >= 0.3 is 0 Å². The maximum absolute atomic E-state index is 11.8. The van der Waals surface area contributed by atoms with Gasteiger partial charge in [0.05, 0.1) is 30.1 Å². The zero-order valence-electron chi connectivity index (χ0n) is 19.9. The van der Waals surface area contributed by atoms with Crippen LogP contribution >= 0.6 is 0 Å². The first kappa shape index (κ1) is 22.7. The van der Waals surface area contributed by atoms with Crippen LogP contribution in [0.2, 0.25) is 0 Å². The molecule has 178 valence electrons. The third kappa shape index (κ3) is 4.17. The van der Waals surface area contributed by atoms with Gasteiger partial charge in [0.2, 0.25) is 0 Å². The number of carbonyl (C=O) groups is 1. The summed E-state index contributed by atoms with van der Waals surface area (Å²) in [7, 11) is 0. The number of nitrogens with zero attached hydrogens (tertiary/aromatic N) is 4. The molecule has 3 fully saturated rings. The Morgan fingerprint density at radius 1 is 1.37 bits per heavy atom. The quantitative estimate of drug-likeness (QED) is 0.534. The van der Waals surface area contributed by atoms with Crippen molar-refractivity contribution in [1.82, 2.24) is 19.9 Å². The number of aromatic nitrogens is 3. The van der Waals surface area contributed by atoms with Crippen LogP contribution in [0.15, 0.2) is 36.8 Å². The summed E-state index contributed by atoms with van der Waals surface area (Å²) in [4.78, 5) is 16.5. The van der Waals surface area contributed by atoms with Crippen LogP contribution in [0, 0.1) is 35.5 Å². The standard InChI is InChI=1S/C27H28N6O2/c1-4-25(34)32-27(3)12-17-6-8-20(27)10-23(17)31-24-9-7-18(14-29-24)22-11-21(35-5-2)16-33-26(22)19(13-28)15-30-33/h1,7,9,11,14-17,20,23H,5-6,8,10,12H2,2-3H3,(H,29,31)(H,32,34). The molecule has 8 nitrogen and oxygen atoms in total. The maximum Gasteiger partial charge on any atom is 0.296 e. The van der Waals surface area contributed by atoms with E-state index < -0.39 is 0 Å². The van der Waals surface area contributed by atoms with Gasteiger partial charge in [-0.15, -0.1) is 6.42 Å². The average Bonchev–Trinajstić information content (AvgIpc) is 3.28. The van der Waals surface area contributed by atoms with Crippen LogP contribution in [0.25, 0.3) is 16.6 Å². The summed E-state index contributed by atoms with van der Waals surface area (Å²) >= 11 is 0. The SMILES string of the molecule is C#CC(=O)NC1(C)CC2CCC1CC2Nc1ccc(-c2cc(OCC)cn3ncc(C#N)c23)cn1. The number of fused-ring (bicyclic) bond motifs is 4. The van der Waals surface area contributed by atoms with Crippen molar-refractivity contribution in [2.24, 2.45) is 11.8 Å². The molecular weight excluding hydrogens is 440 g/mol. The summed E-state index contributed by atoms with van der Waals surface area (Å²) in [5, 5.41) is 20.6. The Labute approximate surface area is 204 Å². The molecule has 4 atom stereocenters. The molecule has 0 saturated heterocycles. The number of terminal acetylenes is 1. The maximum atomic E-state index is 11.8. The van der Waals surface area contributed by atoms with E-state index in [1.807, 2.05) is 31.3 Å². The van der Waals surface area contributed by atoms with Gasteiger partial charge in [0.1, 0.15) is 17.6 Å². The van der Waals surface area contributed by atoms with E-state index in [0.29, 0.717) is 35.8 Å². The Bertz CT molecular complexity index is 1350. The first-order valence-corrected chi connectivity index (χ1v) is 12.0. The minimum Gasteiger partial charge on any atom is -0.492 e. The molecule has 3 saturated carbocycles. The minimum atomic E-state index is -0.331. The fraction of sp³-hybridized carbons (Fsp3) is 0.407. The fourth-order valence-corrected chi connectivity index (χ4v) is 5.87. The summed E-state index contributed by atoms with van der Waals surface area (Å²) in [6.07, 6.45) is 14.5. The molecule has 0 spiro atoms. The second kappa shape index (κ2) is 8.96. The molecule has 3 aliphatic carbocycles. The summed E-state index contributed by atoms with van der Waals surface area (Å²) in [6, 6.07) is 8.43. The van der Waals surface area contributed by atoms with Crippen molar-refractivity contribution >= 4 is 17.2 Å². The van der Waals surface area contributed by atoms with Crippen LogP contribution in [0.5, 0.6) is 5.75 Å². The van der Waals surface area contributed by atoms with E-state index >= 15 is 0 Å². The number of anilines is 1. The number of rotatable bonds is 6. The van der Waals surface area contributed by atoms with Crippen LogP contribution in [0.1, 0.15) is 45.1 Å². The Kier molecular flexibility index (Phi) is 5.82. The van der Waals surface area contributed by atoms with Gasteiger partial charge in [-0.1, -0.05) is 0 Å². The topological polar surface area (TPSA) is 104 Å². The molecule has 1 amide bonds. The summed E-state index contributed by atoms with van der Waals surface area (Å²) < 4.78 is 7.39. The fourth-order valence-electron chi connectivity index (χ4n) is 5.87. The number of ether oxygens (including phenoxy) is 1. The first-order valence-electron chi connectivity index (χ1n) is 12.0. The highest BCUT2D eigenvalue weighted by Crippen LogP contribution is 2.48. The summed E-state index contributed by atoms with van der Waals surface area (Å²) in [5.74, 6) is 4.17. The van der Waals surface area contributed by atoms with Crippen LogP contribution in [-0.4, -0.2) is 38.7 Å². The number of carbonyl (C=O) groups excluding carboxylic acids is 1. The number of hydrogen-bond acceptors (Lipinski definition) is 6. The number of hydrogen-bond donors (Lipinski definition) is 2. The average molecular weight is 469 g/mol. The van der Waals surface area contributed by atoms with Gasteiger partial charge in [0.15, 0.2) is 0 Å². The second-order valence-corrected chi connectivity index (χ2v) is 9.66. The van der Waals surface area contributed by atoms with E-state index in [1.165, 1.54) is 0 Å². The van der Waals surface area contributed by atoms with Crippen LogP contribution in [0.3, 0.4) is 0 Å². The van der Waals surface area contributed by atoms with Crippen LogP contribution < -0.4 is 15.4 Å². The Morgan fingerprint density at radius 3 is 2.89 bits per heavy atom. The van der Waals surface area contributed by atoms with Gasteiger partial charge in [-0.05, 0) is 75.5 Å². The Morgan fingerprint density at radius 2 is 2.23 bits per heavy atom. The van der Waals surface area contributed by atoms with E-state index in [-0.39, 0.29) is 11.4 Å². The molecule has 2 N–H and O–H groups in total. The lowest BCUT2D eigenvalue weighted by atomic mass is 9.59. The van der Waals surface area contributed by atoms with Crippen molar-refractivity contribution < 1.29 is 9.53 Å². The van der Waals surface area contributed by atoms with Gasteiger partial charge in [0, 0.05) is 28.9 Å². The van der Waals surface area contributed by atoms with Crippen LogP contribution in [-0.2, 0) is 4.79 Å². The van der Waals surface area contributed by atoms with Crippen molar-refractivity contribution in [2.75, 3.05) is 11.9 Å². The minimum absolute atomic E-state index is 0.248. The van der Waals surface area contributed by atoms with Crippen molar-refractivity contribution in [3.63, 3.8) is 0 Å². The predicted octanol–water partition coefficient (Wildman–Crippen LogP) is 3.78. The van der Waals surface area contributed by atoms with Gasteiger partial charge in [-0.2, -0.15) is 10.4 Å². The molecule has 0 radical (unpaired) electrons. The Balaban J connectivity index is 1.36. The van der Waals surface area contributed by atoms with Gasteiger partial charge < -0.3 is 15.4 Å². The van der Waals surface area contributed by atoms with Crippen molar-refractivity contribution in [2.45, 2.75) is 51.1 Å². The number of pyridine rings is 2. The molecule has 8 heteroatoms. The molecule has 3 heterocycles. The first-order chi connectivity index (χ1) is 16.9. The largest absolute Gasteiger partial charge is 0.492 e. The van der Waals surface area contributed by atoms with Crippen LogP contribution in [0.4, 0.5) is 5.82 Å². The molecule has 0 aromatic carbocycles. The molecule has 2 bridgehead atoms. The normalized spacial score (nSPS) is 25.0. The van der Waals surface area contributed by atoms with E-state index in [2.05, 4.69) is 34.6 Å². The van der Waals surface area contributed by atoms with E-state index in [4.69, 9.17) is 16.1 Å². The summed E-state index contributed by atoms with van der Waals surface area (Å²) in [6.45, 7) is 4.58. The highest BCUT2D eigenvalue weighted by Gasteiger charge is 2.49. The predicted molar refractivity (Wildman–Crippen MR) is 133 cm³/mol. The number of nitrogens with one attached hydrogen (secondary N) is 2. The smallest absolute Gasteiger partial charge is 0.296 e. The van der Waals surface area contributed by atoms with E-state index in [1.54, 1.807) is 16.9 Å². The zero-order chi connectivity index (χ0) is 24.6. The Hall–Kier alpha value is -4.04. The van der Waals surface area contributed by atoms with E-state index in [0.717, 1.165) is 48.1 Å². The van der Waals surface area contributed by atoms with Crippen molar-refractivity contribution in [1.29, 1.82) is 5.26 Å². The van der Waals surface area contributed by atoms with E-state index in [9.17, 15) is 10.1 Å². The molecule has 4 unspecified atom stereocenters. The molecule has 35 heavy (non-hydrogen) atoms. The lowest BCUT2D eigenvalue weighted by Gasteiger charge is -2.53. The van der Waals surface area contributed by atoms with Gasteiger partial charge in [-0.3, -0.25) is 4.79 Å². The van der Waals surface area contributed by atoms with Crippen molar-refractivity contribution in [3.05, 3.63) is 42.4 Å². The molecule has 3 aromatic rings. The lowest BCUT2D eigenvalue weighted by molar-refractivity contribution is -0.119. The molecule has 0 aliphatic heterocycles. The number of amides is 1. The molecule has 6 rings (SSSR count). The third-order valence-corrected chi connectivity index (χ3v) is 7.54. The molecule has 3 aromatic heterocycles. The van der Waals surface area contributed by atoms with Gasteiger partial charge in [0.25, 0.3) is 5.91 Å². The second-order valence-electron chi connectivity index (χ2n) is 9.66. The monoisotopic (exact) mass is 468 g/mol. The molecular formula is C27H28N6O2.